The second kappa shape index (κ2) is 8.62. The smallest absolute Gasteiger partial charge is 0.410 e. The molecule has 4 heterocycles. The minimum atomic E-state index is -4.52. The first-order valence-corrected chi connectivity index (χ1v) is 11.0. The predicted octanol–water partition coefficient (Wildman–Crippen LogP) is 4.11. The summed E-state index contributed by atoms with van der Waals surface area (Å²) in [5.41, 5.74) is 1.02. The number of amides is 1. The van der Waals surface area contributed by atoms with Crippen molar-refractivity contribution in [3.05, 3.63) is 60.2 Å². The molecule has 5 rings (SSSR count). The molecule has 0 bridgehead atoms. The fourth-order valence-electron chi connectivity index (χ4n) is 4.48. The number of halogens is 3. The number of nitrogens with zero attached hydrogens (tertiary/aromatic N) is 4. The second-order valence-corrected chi connectivity index (χ2v) is 8.34. The molecule has 2 aromatic heterocycles. The molecule has 0 saturated carbocycles. The van der Waals surface area contributed by atoms with Gasteiger partial charge >= 0.3 is 6.18 Å². The molecule has 1 fully saturated rings. The molecule has 34 heavy (non-hydrogen) atoms. The van der Waals surface area contributed by atoms with Crippen LogP contribution >= 0.6 is 0 Å². The number of carbonyl (C=O) groups is 1. The van der Waals surface area contributed by atoms with Crippen molar-refractivity contribution >= 4 is 17.4 Å². The maximum absolute atomic E-state index is 13.8. The van der Waals surface area contributed by atoms with Crippen molar-refractivity contribution in [1.29, 1.82) is 0 Å². The molecule has 11 heteroatoms. The van der Waals surface area contributed by atoms with Crippen LogP contribution in [0.25, 0.3) is 0 Å². The van der Waals surface area contributed by atoms with E-state index in [2.05, 4.69) is 15.3 Å². The van der Waals surface area contributed by atoms with E-state index in [4.69, 9.17) is 9.15 Å². The third kappa shape index (κ3) is 4.17. The predicted molar refractivity (Wildman–Crippen MR) is 118 cm³/mol. The lowest BCUT2D eigenvalue weighted by molar-refractivity contribution is -0.174. The van der Waals surface area contributed by atoms with E-state index >= 15 is 0 Å². The molecule has 0 unspecified atom stereocenters. The maximum Gasteiger partial charge on any atom is 0.410 e. The molecule has 3 aromatic rings. The molecule has 1 amide bonds. The number of alkyl halides is 3. The first kappa shape index (κ1) is 22.2. The zero-order valence-electron chi connectivity index (χ0n) is 18.5. The summed E-state index contributed by atoms with van der Waals surface area (Å²) in [5, 5.41) is 7.11. The molecule has 8 nitrogen and oxygen atoms in total. The summed E-state index contributed by atoms with van der Waals surface area (Å²) in [6.07, 6.45) is -3.37. The Morgan fingerprint density at radius 3 is 2.50 bits per heavy atom. The fourth-order valence-corrected chi connectivity index (χ4v) is 4.48. The number of hydrogen-bond acceptors (Lipinski definition) is 6. The molecule has 1 saturated heterocycles. The van der Waals surface area contributed by atoms with Gasteiger partial charge in [0.25, 0.3) is 5.91 Å². The average molecular weight is 475 g/mol. The standard InChI is InChI=1S/C23H24F3N5O3/c1-33-16-6-4-15(5-7-16)29-8-10-30(11-9-29)22(32)18-14-21-27-17(19-3-2-12-34-19)13-20(23(24,25)26)31(21)28-18/h2-7,12,14,17,20,27H,8-11,13H2,1H3/t17-,20+/m0/s1. The molecule has 2 aliphatic heterocycles. The molecule has 0 aliphatic carbocycles. The van der Waals surface area contributed by atoms with Gasteiger partial charge in [0.2, 0.25) is 0 Å². The van der Waals surface area contributed by atoms with Crippen LogP contribution in [0.4, 0.5) is 24.7 Å². The first-order valence-electron chi connectivity index (χ1n) is 11.0. The van der Waals surface area contributed by atoms with E-state index < -0.39 is 18.3 Å². The number of hydrogen-bond donors (Lipinski definition) is 1. The molecule has 1 N–H and O–H groups in total. The van der Waals surface area contributed by atoms with Gasteiger partial charge in [-0.3, -0.25) is 4.79 Å². The van der Waals surface area contributed by atoms with Crippen LogP contribution in [0.1, 0.15) is 34.8 Å². The molecule has 1 aromatic carbocycles. The number of piperazine rings is 1. The van der Waals surface area contributed by atoms with Crippen LogP contribution in [0.5, 0.6) is 5.75 Å². The van der Waals surface area contributed by atoms with Crippen LogP contribution in [-0.4, -0.2) is 60.1 Å². The lowest BCUT2D eigenvalue weighted by Gasteiger charge is -2.35. The normalized spacial score (nSPS) is 20.6. The lowest BCUT2D eigenvalue weighted by Crippen LogP contribution is -2.49. The van der Waals surface area contributed by atoms with Gasteiger partial charge in [0.15, 0.2) is 11.7 Å². The molecule has 2 aliphatic rings. The zero-order valence-corrected chi connectivity index (χ0v) is 18.5. The van der Waals surface area contributed by atoms with Crippen molar-refractivity contribution < 1.29 is 27.1 Å². The number of anilines is 2. The lowest BCUT2D eigenvalue weighted by atomic mass is 10.0. The van der Waals surface area contributed by atoms with Gasteiger partial charge in [0.1, 0.15) is 17.3 Å². The summed E-state index contributed by atoms with van der Waals surface area (Å²) in [6, 6.07) is 9.81. The monoisotopic (exact) mass is 475 g/mol. The minimum Gasteiger partial charge on any atom is -0.497 e. The summed E-state index contributed by atoms with van der Waals surface area (Å²) < 4.78 is 52.8. The number of rotatable bonds is 4. The molecule has 0 spiro atoms. The van der Waals surface area contributed by atoms with Crippen LogP contribution in [0, 0.1) is 0 Å². The third-order valence-corrected chi connectivity index (χ3v) is 6.30. The van der Waals surface area contributed by atoms with Gasteiger partial charge < -0.3 is 24.3 Å². The van der Waals surface area contributed by atoms with Gasteiger partial charge in [-0.15, -0.1) is 0 Å². The Labute approximate surface area is 193 Å². The van der Waals surface area contributed by atoms with E-state index in [0.717, 1.165) is 16.1 Å². The Kier molecular flexibility index (Phi) is 5.62. The van der Waals surface area contributed by atoms with Gasteiger partial charge in [-0.25, -0.2) is 4.68 Å². The quantitative estimate of drug-likeness (QED) is 0.612. The Morgan fingerprint density at radius 2 is 1.88 bits per heavy atom. The summed E-state index contributed by atoms with van der Waals surface area (Å²) in [5.74, 6) is 0.939. The third-order valence-electron chi connectivity index (χ3n) is 6.30. The van der Waals surface area contributed by atoms with Crippen LogP contribution in [-0.2, 0) is 0 Å². The number of methoxy groups -OCH3 is 1. The number of ether oxygens (including phenoxy) is 1. The van der Waals surface area contributed by atoms with E-state index in [9.17, 15) is 18.0 Å². The Hall–Kier alpha value is -3.63. The van der Waals surface area contributed by atoms with Crippen molar-refractivity contribution in [3.63, 3.8) is 0 Å². The van der Waals surface area contributed by atoms with E-state index in [1.165, 1.54) is 12.3 Å². The molecule has 0 radical (unpaired) electrons. The Morgan fingerprint density at radius 1 is 1.15 bits per heavy atom. The van der Waals surface area contributed by atoms with Crippen LogP contribution in [0.2, 0.25) is 0 Å². The van der Waals surface area contributed by atoms with Crippen molar-refractivity contribution in [1.82, 2.24) is 14.7 Å². The zero-order chi connectivity index (χ0) is 23.9. The Balaban J connectivity index is 1.31. The molecule has 180 valence electrons. The molecular formula is C23H24F3N5O3. The second-order valence-electron chi connectivity index (χ2n) is 8.34. The minimum absolute atomic E-state index is 0.00487. The highest BCUT2D eigenvalue weighted by atomic mass is 19.4. The van der Waals surface area contributed by atoms with Gasteiger partial charge in [-0.05, 0) is 36.4 Å². The highest BCUT2D eigenvalue weighted by Crippen LogP contribution is 2.43. The van der Waals surface area contributed by atoms with Gasteiger partial charge in [0.05, 0.1) is 19.4 Å². The average Bonchev–Trinajstić information content (AvgIpc) is 3.53. The summed E-state index contributed by atoms with van der Waals surface area (Å²) >= 11 is 0. The topological polar surface area (TPSA) is 75.8 Å². The summed E-state index contributed by atoms with van der Waals surface area (Å²) in [4.78, 5) is 16.9. The SMILES string of the molecule is COc1ccc(N2CCN(C(=O)c3cc4n(n3)[C@@H](C(F)(F)F)C[C@@H](c3ccco3)N4)CC2)cc1. The number of fused-ring (bicyclic) bond motifs is 1. The summed E-state index contributed by atoms with van der Waals surface area (Å²) in [7, 11) is 1.61. The summed E-state index contributed by atoms with van der Waals surface area (Å²) in [6.45, 7) is 2.10. The molecular weight excluding hydrogens is 451 g/mol. The van der Waals surface area contributed by atoms with Crippen LogP contribution in [0.15, 0.2) is 53.1 Å². The highest BCUT2D eigenvalue weighted by molar-refractivity contribution is 5.93. The highest BCUT2D eigenvalue weighted by Gasteiger charge is 2.47. The number of nitrogens with one attached hydrogen (secondary N) is 1. The van der Waals surface area contributed by atoms with Gasteiger partial charge in [-0.2, -0.15) is 18.3 Å². The van der Waals surface area contributed by atoms with Gasteiger partial charge in [0, 0.05) is 44.4 Å². The number of aromatic nitrogens is 2. The van der Waals surface area contributed by atoms with E-state index in [0.29, 0.717) is 31.9 Å². The number of benzene rings is 1. The number of furan rings is 1. The first-order chi connectivity index (χ1) is 16.3. The maximum atomic E-state index is 13.8. The van der Waals surface area contributed by atoms with Crippen molar-refractivity contribution in [2.75, 3.05) is 43.5 Å². The fraction of sp³-hybridized carbons (Fsp3) is 0.391. The largest absolute Gasteiger partial charge is 0.497 e. The van der Waals surface area contributed by atoms with E-state index in [1.807, 2.05) is 24.3 Å². The van der Waals surface area contributed by atoms with Gasteiger partial charge in [-0.1, -0.05) is 0 Å². The van der Waals surface area contributed by atoms with Crippen molar-refractivity contribution in [2.45, 2.75) is 24.7 Å². The molecule has 2 atom stereocenters. The van der Waals surface area contributed by atoms with Crippen LogP contribution < -0.4 is 15.0 Å². The van der Waals surface area contributed by atoms with Crippen molar-refractivity contribution in [3.8, 4) is 5.75 Å². The van der Waals surface area contributed by atoms with E-state index in [1.54, 1.807) is 24.1 Å². The van der Waals surface area contributed by atoms with Crippen LogP contribution in [0.3, 0.4) is 0 Å². The Bertz CT molecular complexity index is 1140. The van der Waals surface area contributed by atoms with Crippen molar-refractivity contribution in [2.24, 2.45) is 0 Å². The number of carbonyl (C=O) groups excluding carboxylic acids is 1. The van der Waals surface area contributed by atoms with E-state index in [-0.39, 0.29) is 23.8 Å².